The molecule has 0 unspecified atom stereocenters. The Kier molecular flexibility index (Phi) is 4.22. The zero-order valence-corrected chi connectivity index (χ0v) is 14.8. The number of benzene rings is 1. The van der Waals surface area contributed by atoms with Gasteiger partial charge in [-0.25, -0.2) is 14.6 Å². The second-order valence-electron chi connectivity index (χ2n) is 6.78. The second-order valence-corrected chi connectivity index (χ2v) is 6.78. The largest absolute Gasteiger partial charge is 0.383 e. The summed E-state index contributed by atoms with van der Waals surface area (Å²) in [7, 11) is 0. The van der Waals surface area contributed by atoms with Crippen LogP contribution in [0.1, 0.15) is 12.8 Å². The smallest absolute Gasteiger partial charge is 0.352 e. The molecule has 28 heavy (non-hydrogen) atoms. The molecule has 0 atom stereocenters. The van der Waals surface area contributed by atoms with Crippen LogP contribution >= 0.6 is 0 Å². The number of fused-ring (bicyclic) bond motifs is 1. The van der Waals surface area contributed by atoms with E-state index in [1.165, 1.54) is 6.33 Å². The average Bonchev–Trinajstić information content (AvgIpc) is 3.13. The lowest BCUT2D eigenvalue weighted by Gasteiger charge is -2.41. The van der Waals surface area contributed by atoms with Crippen molar-refractivity contribution < 1.29 is 18.7 Å². The maximum atomic E-state index is 14.0. The molecule has 1 aliphatic rings. The van der Waals surface area contributed by atoms with E-state index in [2.05, 4.69) is 15.1 Å². The van der Waals surface area contributed by atoms with Crippen molar-refractivity contribution in [2.75, 3.05) is 18.0 Å². The van der Waals surface area contributed by atoms with Crippen molar-refractivity contribution in [1.82, 2.24) is 19.7 Å². The predicted molar refractivity (Wildman–Crippen MR) is 97.2 cm³/mol. The van der Waals surface area contributed by atoms with Crippen LogP contribution in [0.15, 0.2) is 42.9 Å². The van der Waals surface area contributed by atoms with Crippen LogP contribution in [0.2, 0.25) is 0 Å². The average molecular weight is 388 g/mol. The van der Waals surface area contributed by atoms with Crippen molar-refractivity contribution >= 4 is 22.8 Å². The van der Waals surface area contributed by atoms with Crippen molar-refractivity contribution in [1.29, 1.82) is 0 Å². The molecule has 3 heterocycles. The first-order chi connectivity index (χ1) is 13.3. The second kappa shape index (κ2) is 6.48. The molecule has 0 aliphatic carbocycles. The molecule has 0 bridgehead atoms. The number of carbonyl (C=O) groups is 1. The molecule has 1 saturated heterocycles. The molecule has 1 amide bonds. The molecule has 1 fully saturated rings. The van der Waals surface area contributed by atoms with Gasteiger partial charge < -0.3 is 15.7 Å². The SMILES string of the molecule is NC(=O)C(F)(F)C1(O)CCN(c2ncnc3c2cnn3-c2ccccc2)CC1. The van der Waals surface area contributed by atoms with E-state index in [1.807, 2.05) is 30.3 Å². The number of hydrogen-bond donors (Lipinski definition) is 2. The molecule has 4 rings (SSSR count). The summed E-state index contributed by atoms with van der Waals surface area (Å²) in [6.45, 7) is 0.171. The summed E-state index contributed by atoms with van der Waals surface area (Å²) < 4.78 is 29.7. The number of aliphatic hydroxyl groups is 1. The number of piperidine rings is 1. The Balaban J connectivity index is 1.63. The van der Waals surface area contributed by atoms with Crippen LogP contribution < -0.4 is 10.6 Å². The highest BCUT2D eigenvalue weighted by Crippen LogP contribution is 2.38. The molecule has 0 radical (unpaired) electrons. The third kappa shape index (κ3) is 2.76. The number of halogens is 2. The Bertz CT molecular complexity index is 1020. The Morgan fingerprint density at radius 1 is 1.18 bits per heavy atom. The summed E-state index contributed by atoms with van der Waals surface area (Å²) in [5, 5.41) is 15.3. The van der Waals surface area contributed by atoms with Gasteiger partial charge in [0.15, 0.2) is 5.65 Å². The first kappa shape index (κ1) is 18.2. The van der Waals surface area contributed by atoms with Gasteiger partial charge in [0.05, 0.1) is 17.3 Å². The molecule has 0 saturated carbocycles. The van der Waals surface area contributed by atoms with E-state index in [0.29, 0.717) is 16.9 Å². The number of para-hydroxylation sites is 1. The normalized spacial score (nSPS) is 17.0. The number of carbonyl (C=O) groups excluding carboxylic acids is 1. The fourth-order valence-electron chi connectivity index (χ4n) is 3.47. The van der Waals surface area contributed by atoms with Crippen LogP contribution in [0, 0.1) is 0 Å². The number of hydrogen-bond acceptors (Lipinski definition) is 6. The third-order valence-corrected chi connectivity index (χ3v) is 5.13. The highest BCUT2D eigenvalue weighted by Gasteiger charge is 2.58. The van der Waals surface area contributed by atoms with Gasteiger partial charge in [0.1, 0.15) is 17.7 Å². The molecule has 1 aliphatic heterocycles. The van der Waals surface area contributed by atoms with Crippen molar-refractivity contribution in [2.45, 2.75) is 24.4 Å². The van der Waals surface area contributed by atoms with Gasteiger partial charge in [-0.05, 0) is 12.1 Å². The first-order valence-electron chi connectivity index (χ1n) is 8.73. The van der Waals surface area contributed by atoms with Crippen LogP contribution in [-0.2, 0) is 4.79 Å². The highest BCUT2D eigenvalue weighted by atomic mass is 19.3. The van der Waals surface area contributed by atoms with Gasteiger partial charge in [-0.15, -0.1) is 0 Å². The summed E-state index contributed by atoms with van der Waals surface area (Å²) >= 11 is 0. The number of aromatic nitrogens is 4. The first-order valence-corrected chi connectivity index (χ1v) is 8.73. The van der Waals surface area contributed by atoms with E-state index in [0.717, 1.165) is 5.69 Å². The van der Waals surface area contributed by atoms with E-state index >= 15 is 0 Å². The standard InChI is InChI=1S/C18H18F2N6O2/c19-18(20,16(21)27)17(28)6-8-25(9-7-17)14-13-10-24-26(15(13)23-11-22-14)12-4-2-1-3-5-12/h1-5,10-11,28H,6-9H2,(H2,21,27). The minimum absolute atomic E-state index is 0.0853. The molecule has 2 aromatic heterocycles. The summed E-state index contributed by atoms with van der Waals surface area (Å²) in [5.74, 6) is -5.27. The molecular formula is C18H18F2N6O2. The maximum Gasteiger partial charge on any atom is 0.352 e. The van der Waals surface area contributed by atoms with Crippen molar-refractivity contribution in [2.24, 2.45) is 5.73 Å². The minimum atomic E-state index is -3.99. The lowest BCUT2D eigenvalue weighted by atomic mass is 9.84. The fourth-order valence-corrected chi connectivity index (χ4v) is 3.47. The summed E-state index contributed by atoms with van der Waals surface area (Å²) in [5.41, 5.74) is 3.72. The van der Waals surface area contributed by atoms with Crippen molar-refractivity contribution in [3.63, 3.8) is 0 Å². The lowest BCUT2D eigenvalue weighted by Crippen LogP contribution is -2.60. The zero-order chi connectivity index (χ0) is 19.9. The van der Waals surface area contributed by atoms with Crippen LogP contribution in [-0.4, -0.2) is 55.4 Å². The van der Waals surface area contributed by atoms with Crippen LogP contribution in [0.3, 0.4) is 0 Å². The van der Waals surface area contributed by atoms with E-state index in [1.54, 1.807) is 15.8 Å². The topological polar surface area (TPSA) is 110 Å². The van der Waals surface area contributed by atoms with E-state index in [-0.39, 0.29) is 25.9 Å². The van der Waals surface area contributed by atoms with Gasteiger partial charge >= 0.3 is 5.92 Å². The van der Waals surface area contributed by atoms with Gasteiger partial charge in [-0.3, -0.25) is 4.79 Å². The van der Waals surface area contributed by atoms with Gasteiger partial charge in [0.25, 0.3) is 5.91 Å². The quantitative estimate of drug-likeness (QED) is 0.696. The summed E-state index contributed by atoms with van der Waals surface area (Å²) in [6, 6.07) is 9.44. The predicted octanol–water partition coefficient (Wildman–Crippen LogP) is 1.27. The van der Waals surface area contributed by atoms with Gasteiger partial charge in [-0.1, -0.05) is 18.2 Å². The maximum absolute atomic E-state index is 14.0. The van der Waals surface area contributed by atoms with E-state index in [4.69, 9.17) is 5.73 Å². The number of alkyl halides is 2. The number of nitrogens with zero attached hydrogens (tertiary/aromatic N) is 5. The number of rotatable bonds is 4. The molecule has 3 N–H and O–H groups in total. The lowest BCUT2D eigenvalue weighted by molar-refractivity contribution is -0.195. The molecule has 0 spiro atoms. The number of nitrogens with two attached hydrogens (primary N) is 1. The van der Waals surface area contributed by atoms with Gasteiger partial charge in [0.2, 0.25) is 0 Å². The van der Waals surface area contributed by atoms with Gasteiger partial charge in [0, 0.05) is 25.9 Å². The van der Waals surface area contributed by atoms with Crippen molar-refractivity contribution in [3.05, 3.63) is 42.9 Å². The molecule has 8 nitrogen and oxygen atoms in total. The zero-order valence-electron chi connectivity index (χ0n) is 14.8. The Morgan fingerprint density at radius 2 is 1.86 bits per heavy atom. The monoisotopic (exact) mass is 388 g/mol. The number of amides is 1. The molecule has 1 aromatic carbocycles. The van der Waals surface area contributed by atoms with Gasteiger partial charge in [-0.2, -0.15) is 13.9 Å². The Labute approximate surface area is 158 Å². The van der Waals surface area contributed by atoms with Crippen LogP contribution in [0.4, 0.5) is 14.6 Å². The summed E-state index contributed by atoms with van der Waals surface area (Å²) in [4.78, 5) is 21.4. The summed E-state index contributed by atoms with van der Waals surface area (Å²) in [6.07, 6.45) is 2.37. The molecule has 146 valence electrons. The van der Waals surface area contributed by atoms with Crippen LogP contribution in [0.25, 0.3) is 16.7 Å². The molecular weight excluding hydrogens is 370 g/mol. The highest BCUT2D eigenvalue weighted by molar-refractivity contribution is 5.88. The fraction of sp³-hybridized carbons (Fsp3) is 0.333. The Hall–Kier alpha value is -3.14. The molecule has 10 heteroatoms. The van der Waals surface area contributed by atoms with E-state index < -0.39 is 17.4 Å². The third-order valence-electron chi connectivity index (χ3n) is 5.13. The van der Waals surface area contributed by atoms with Crippen molar-refractivity contribution in [3.8, 4) is 5.69 Å². The number of anilines is 1. The van der Waals surface area contributed by atoms with E-state index in [9.17, 15) is 18.7 Å². The molecule has 3 aromatic rings. The number of primary amides is 1. The van der Waals surface area contributed by atoms with Crippen LogP contribution in [0.5, 0.6) is 0 Å². The Morgan fingerprint density at radius 3 is 2.50 bits per heavy atom. The minimum Gasteiger partial charge on any atom is -0.383 e.